The molecule has 0 unspecified atom stereocenters. The van der Waals surface area contributed by atoms with Crippen LogP contribution in [-0.2, 0) is 6.54 Å². The van der Waals surface area contributed by atoms with Gasteiger partial charge in [0.25, 0.3) is 5.91 Å². The molecule has 140 valence electrons. The topological polar surface area (TPSA) is 61.9 Å². The van der Waals surface area contributed by atoms with Crippen LogP contribution >= 0.6 is 0 Å². The first-order valence-corrected chi connectivity index (χ1v) is 9.20. The van der Waals surface area contributed by atoms with Gasteiger partial charge in [-0.2, -0.15) is 5.26 Å². The van der Waals surface area contributed by atoms with Crippen LogP contribution in [0, 0.1) is 23.0 Å². The Bertz CT molecular complexity index is 1190. The third-order valence-electron chi connectivity index (χ3n) is 5.55. The first kappa shape index (κ1) is 16.9. The van der Waals surface area contributed by atoms with Crippen LogP contribution in [0.2, 0.25) is 0 Å². The van der Waals surface area contributed by atoms with Gasteiger partial charge in [-0.1, -0.05) is 6.07 Å². The average Bonchev–Trinajstić information content (AvgIpc) is 3.44. The maximum atomic E-state index is 14.3. The normalized spacial score (nSPS) is 19.0. The van der Waals surface area contributed by atoms with Crippen molar-refractivity contribution >= 4 is 16.9 Å². The Labute approximate surface area is 159 Å². The molecule has 0 spiro atoms. The number of fused-ring (bicyclic) bond motifs is 3. The van der Waals surface area contributed by atoms with Crippen molar-refractivity contribution in [3.63, 3.8) is 0 Å². The Balaban J connectivity index is 1.81. The van der Waals surface area contributed by atoms with Crippen molar-refractivity contribution in [2.24, 2.45) is 0 Å². The number of hydrogen-bond acceptors (Lipinski definition) is 3. The van der Waals surface area contributed by atoms with Crippen LogP contribution in [0.15, 0.2) is 30.5 Å². The van der Waals surface area contributed by atoms with Gasteiger partial charge in [0.15, 0.2) is 0 Å². The second-order valence-electron chi connectivity index (χ2n) is 7.45. The van der Waals surface area contributed by atoms with Crippen LogP contribution in [0.5, 0.6) is 0 Å². The maximum absolute atomic E-state index is 14.3. The highest BCUT2D eigenvalue weighted by atomic mass is 19.1. The fraction of sp³-hybridized carbons (Fsp3) is 0.286. The lowest BCUT2D eigenvalue weighted by Gasteiger charge is -2.35. The lowest BCUT2D eigenvalue weighted by molar-refractivity contribution is 0.0600. The number of nitrogens with zero attached hydrogens (tertiary/aromatic N) is 4. The predicted molar refractivity (Wildman–Crippen MR) is 98.5 cm³/mol. The molecule has 1 fully saturated rings. The maximum Gasteiger partial charge on any atom is 0.271 e. The van der Waals surface area contributed by atoms with Crippen LogP contribution < -0.4 is 0 Å². The number of pyridine rings is 1. The zero-order valence-electron chi connectivity index (χ0n) is 15.1. The number of amides is 1. The summed E-state index contributed by atoms with van der Waals surface area (Å²) in [7, 11) is 0. The van der Waals surface area contributed by atoms with Gasteiger partial charge in [-0.15, -0.1) is 0 Å². The SMILES string of the molecule is C[C@@H]1Cn2c(c(-c3ccc(C#N)c(F)c3)c3ncc(F)cc32)C(=O)N1C1CC1. The van der Waals surface area contributed by atoms with Crippen LogP contribution in [-0.4, -0.2) is 32.4 Å². The van der Waals surface area contributed by atoms with Crippen molar-refractivity contribution in [3.8, 4) is 17.2 Å². The van der Waals surface area contributed by atoms with Crippen LogP contribution in [0.3, 0.4) is 0 Å². The number of aromatic nitrogens is 2. The molecular weight excluding hydrogens is 362 g/mol. The van der Waals surface area contributed by atoms with E-state index in [0.29, 0.717) is 34.4 Å². The number of carbonyl (C=O) groups is 1. The summed E-state index contributed by atoms with van der Waals surface area (Å²) in [5.41, 5.74) is 2.25. The number of carbonyl (C=O) groups excluding carboxylic acids is 1. The van der Waals surface area contributed by atoms with Gasteiger partial charge in [0.2, 0.25) is 0 Å². The second-order valence-corrected chi connectivity index (χ2v) is 7.45. The summed E-state index contributed by atoms with van der Waals surface area (Å²) in [6, 6.07) is 7.61. The van der Waals surface area contributed by atoms with Gasteiger partial charge in [0.1, 0.15) is 23.4 Å². The Kier molecular flexibility index (Phi) is 3.53. The van der Waals surface area contributed by atoms with E-state index in [0.717, 1.165) is 19.0 Å². The molecule has 7 heteroatoms. The third-order valence-corrected chi connectivity index (χ3v) is 5.55. The van der Waals surface area contributed by atoms with Crippen molar-refractivity contribution in [1.29, 1.82) is 5.26 Å². The van der Waals surface area contributed by atoms with Crippen molar-refractivity contribution in [3.05, 3.63) is 53.4 Å². The Hall–Kier alpha value is -3.27. The van der Waals surface area contributed by atoms with Gasteiger partial charge < -0.3 is 9.47 Å². The van der Waals surface area contributed by atoms with E-state index in [1.54, 1.807) is 16.7 Å². The van der Waals surface area contributed by atoms with E-state index in [-0.39, 0.29) is 23.6 Å². The number of rotatable bonds is 2. The van der Waals surface area contributed by atoms with Gasteiger partial charge in [0, 0.05) is 30.3 Å². The first-order chi connectivity index (χ1) is 13.5. The highest BCUT2D eigenvalue weighted by Gasteiger charge is 2.42. The summed E-state index contributed by atoms with van der Waals surface area (Å²) in [6.07, 6.45) is 3.05. The minimum absolute atomic E-state index is 0.0167. The zero-order valence-corrected chi connectivity index (χ0v) is 15.1. The summed E-state index contributed by atoms with van der Waals surface area (Å²) in [4.78, 5) is 19.5. The van der Waals surface area contributed by atoms with Gasteiger partial charge in [-0.05, 0) is 37.5 Å². The van der Waals surface area contributed by atoms with Crippen LogP contribution in [0.25, 0.3) is 22.2 Å². The molecule has 0 bridgehead atoms. The molecule has 1 atom stereocenters. The molecular formula is C21H16F2N4O. The molecule has 28 heavy (non-hydrogen) atoms. The molecule has 0 radical (unpaired) electrons. The van der Waals surface area contributed by atoms with Gasteiger partial charge in [-0.3, -0.25) is 9.78 Å². The van der Waals surface area contributed by atoms with Crippen molar-refractivity contribution < 1.29 is 13.6 Å². The quantitative estimate of drug-likeness (QED) is 0.680. The zero-order chi connectivity index (χ0) is 19.6. The fourth-order valence-corrected chi connectivity index (χ4v) is 4.19. The molecule has 2 aliphatic rings. The summed E-state index contributed by atoms with van der Waals surface area (Å²) in [5, 5.41) is 9.00. The van der Waals surface area contributed by atoms with E-state index < -0.39 is 11.6 Å². The number of benzene rings is 1. The molecule has 0 N–H and O–H groups in total. The Morgan fingerprint density at radius 3 is 2.71 bits per heavy atom. The minimum Gasteiger partial charge on any atom is -0.332 e. The second kappa shape index (κ2) is 5.86. The van der Waals surface area contributed by atoms with E-state index in [1.165, 1.54) is 18.2 Å². The van der Waals surface area contributed by atoms with Crippen molar-refractivity contribution in [2.75, 3.05) is 0 Å². The number of hydrogen-bond donors (Lipinski definition) is 0. The van der Waals surface area contributed by atoms with E-state index in [4.69, 9.17) is 5.26 Å². The number of nitriles is 1. The molecule has 0 saturated heterocycles. The minimum atomic E-state index is -0.661. The van der Waals surface area contributed by atoms with E-state index in [9.17, 15) is 13.6 Å². The summed E-state index contributed by atoms with van der Waals surface area (Å²) in [6.45, 7) is 2.51. The highest BCUT2D eigenvalue weighted by Crippen LogP contribution is 2.41. The molecule has 1 aromatic carbocycles. The third kappa shape index (κ3) is 2.34. The predicted octanol–water partition coefficient (Wildman–Crippen LogP) is 3.86. The first-order valence-electron chi connectivity index (χ1n) is 9.20. The smallest absolute Gasteiger partial charge is 0.271 e. The molecule has 3 aromatic rings. The summed E-state index contributed by atoms with van der Waals surface area (Å²) >= 11 is 0. The molecule has 1 amide bonds. The van der Waals surface area contributed by atoms with Crippen molar-refractivity contribution in [1.82, 2.24) is 14.5 Å². The lowest BCUT2D eigenvalue weighted by atomic mass is 10.0. The standard InChI is InChI=1S/C21H16F2N4O/c1-11-10-26-17-7-14(22)9-25-19(17)18(12-2-3-13(8-24)16(23)6-12)20(26)21(28)27(11)15-4-5-15/h2-3,6-7,9,11,15H,4-5,10H2,1H3/t11-/m1/s1. The molecule has 3 heterocycles. The number of halogens is 2. The molecule has 2 aromatic heterocycles. The Morgan fingerprint density at radius 1 is 1.25 bits per heavy atom. The van der Waals surface area contributed by atoms with E-state index in [2.05, 4.69) is 4.98 Å². The summed E-state index contributed by atoms with van der Waals surface area (Å²) in [5.74, 6) is -1.29. The largest absolute Gasteiger partial charge is 0.332 e. The summed E-state index contributed by atoms with van der Waals surface area (Å²) < 4.78 is 30.0. The molecule has 5 nitrogen and oxygen atoms in total. The molecule has 1 aliphatic heterocycles. The van der Waals surface area contributed by atoms with E-state index in [1.807, 2.05) is 11.8 Å². The van der Waals surface area contributed by atoms with Crippen LogP contribution in [0.1, 0.15) is 35.8 Å². The van der Waals surface area contributed by atoms with Crippen LogP contribution in [0.4, 0.5) is 8.78 Å². The lowest BCUT2D eigenvalue weighted by Crippen LogP contribution is -2.47. The Morgan fingerprint density at radius 2 is 2.04 bits per heavy atom. The molecule has 5 rings (SSSR count). The molecule has 1 saturated carbocycles. The fourth-order valence-electron chi connectivity index (χ4n) is 4.19. The molecule has 1 aliphatic carbocycles. The van der Waals surface area contributed by atoms with E-state index >= 15 is 0 Å². The van der Waals surface area contributed by atoms with Crippen molar-refractivity contribution in [2.45, 2.75) is 38.4 Å². The average molecular weight is 378 g/mol. The highest BCUT2D eigenvalue weighted by molar-refractivity contribution is 6.09. The monoisotopic (exact) mass is 378 g/mol. The van der Waals surface area contributed by atoms with Gasteiger partial charge in [0.05, 0.1) is 22.8 Å². The van der Waals surface area contributed by atoms with Gasteiger partial charge >= 0.3 is 0 Å². The van der Waals surface area contributed by atoms with Gasteiger partial charge in [-0.25, -0.2) is 8.78 Å².